The van der Waals surface area contributed by atoms with Gasteiger partial charge >= 0.3 is 0 Å². The molecule has 0 heterocycles. The van der Waals surface area contributed by atoms with E-state index in [1.54, 1.807) is 4.90 Å². The highest BCUT2D eigenvalue weighted by molar-refractivity contribution is 14.1. The highest BCUT2D eigenvalue weighted by Gasteiger charge is 2.14. The van der Waals surface area contributed by atoms with Crippen molar-refractivity contribution in [2.75, 3.05) is 13.7 Å². The number of carbonyl (C=O) groups excluding carboxylic acids is 1. The van der Waals surface area contributed by atoms with Crippen LogP contribution in [-0.2, 0) is 4.79 Å². The fourth-order valence-corrected chi connectivity index (χ4v) is 1.66. The molecule has 17 heavy (non-hydrogen) atoms. The van der Waals surface area contributed by atoms with E-state index in [9.17, 15) is 4.79 Å². The van der Waals surface area contributed by atoms with Crippen LogP contribution >= 0.6 is 22.6 Å². The molecule has 0 aromatic heterocycles. The van der Waals surface area contributed by atoms with Gasteiger partial charge in [-0.05, 0) is 60.2 Å². The number of benzene rings is 1. The van der Waals surface area contributed by atoms with Gasteiger partial charge in [0, 0.05) is 16.7 Å². The number of ether oxygens (including phenoxy) is 1. The normalized spacial score (nSPS) is 12.0. The second kappa shape index (κ2) is 6.83. The third kappa shape index (κ3) is 4.53. The molecule has 0 spiro atoms. The first kappa shape index (κ1) is 14.3. The smallest absolute Gasteiger partial charge is 0.260 e. The van der Waals surface area contributed by atoms with Crippen LogP contribution in [0, 0.1) is 3.57 Å². The molecule has 1 aromatic carbocycles. The molecule has 0 aliphatic rings. The Kier molecular flexibility index (Phi) is 5.74. The van der Waals surface area contributed by atoms with Gasteiger partial charge < -0.3 is 9.64 Å². The lowest BCUT2D eigenvalue weighted by Gasteiger charge is -2.23. The second-order valence-corrected chi connectivity index (χ2v) is 5.25. The van der Waals surface area contributed by atoms with Gasteiger partial charge in [-0.2, -0.15) is 0 Å². The number of likely N-dealkylation sites (N-methyl/N-ethyl adjacent to an activating group) is 1. The van der Waals surface area contributed by atoms with E-state index in [2.05, 4.69) is 29.5 Å². The molecule has 0 aliphatic heterocycles. The number of amides is 1. The van der Waals surface area contributed by atoms with Crippen LogP contribution in [0.5, 0.6) is 5.75 Å². The van der Waals surface area contributed by atoms with Crippen LogP contribution in [-0.4, -0.2) is 30.5 Å². The average Bonchev–Trinajstić information content (AvgIpc) is 2.35. The molecule has 1 aromatic rings. The molecular weight excluding hydrogens is 329 g/mol. The van der Waals surface area contributed by atoms with Gasteiger partial charge in [0.2, 0.25) is 0 Å². The molecule has 1 atom stereocenters. The van der Waals surface area contributed by atoms with Gasteiger partial charge in [0.25, 0.3) is 5.91 Å². The number of hydrogen-bond donors (Lipinski definition) is 0. The zero-order chi connectivity index (χ0) is 12.8. The second-order valence-electron chi connectivity index (χ2n) is 4.00. The average molecular weight is 347 g/mol. The number of hydrogen-bond acceptors (Lipinski definition) is 2. The first-order valence-corrected chi connectivity index (χ1v) is 6.76. The van der Waals surface area contributed by atoms with Crippen LogP contribution in [0.3, 0.4) is 0 Å². The molecule has 0 bridgehead atoms. The highest BCUT2D eigenvalue weighted by atomic mass is 127. The Hall–Kier alpha value is -0.780. The van der Waals surface area contributed by atoms with Crippen molar-refractivity contribution >= 4 is 28.5 Å². The lowest BCUT2D eigenvalue weighted by Crippen LogP contribution is -2.37. The molecule has 3 nitrogen and oxygen atoms in total. The van der Waals surface area contributed by atoms with Crippen molar-refractivity contribution < 1.29 is 9.53 Å². The monoisotopic (exact) mass is 347 g/mol. The van der Waals surface area contributed by atoms with Gasteiger partial charge in [-0.3, -0.25) is 4.79 Å². The summed E-state index contributed by atoms with van der Waals surface area (Å²) >= 11 is 2.23. The summed E-state index contributed by atoms with van der Waals surface area (Å²) in [5.41, 5.74) is 0. The Bertz CT molecular complexity index is 364. The molecular formula is C13H18INO2. The number of rotatable bonds is 5. The summed E-state index contributed by atoms with van der Waals surface area (Å²) in [6.07, 6.45) is 0.950. The molecule has 4 heteroatoms. The minimum atomic E-state index is 0.0119. The summed E-state index contributed by atoms with van der Waals surface area (Å²) in [5.74, 6) is 0.745. The van der Waals surface area contributed by atoms with Crippen LogP contribution in [0.4, 0.5) is 0 Å². The third-order valence-corrected chi connectivity index (χ3v) is 3.54. The standard InChI is InChI=1S/C13H18INO2/c1-4-10(2)15(3)13(16)9-17-12-7-5-11(14)6-8-12/h5-8,10H,4,9H2,1-3H3. The summed E-state index contributed by atoms with van der Waals surface area (Å²) in [6.45, 7) is 4.19. The van der Waals surface area contributed by atoms with Gasteiger partial charge in [-0.1, -0.05) is 6.92 Å². The zero-order valence-electron chi connectivity index (χ0n) is 10.4. The van der Waals surface area contributed by atoms with Gasteiger partial charge in [0.15, 0.2) is 6.61 Å². The topological polar surface area (TPSA) is 29.5 Å². The summed E-state index contributed by atoms with van der Waals surface area (Å²) in [4.78, 5) is 13.5. The predicted molar refractivity (Wildman–Crippen MR) is 77.2 cm³/mol. The van der Waals surface area contributed by atoms with Crippen molar-refractivity contribution in [2.24, 2.45) is 0 Å². The van der Waals surface area contributed by atoms with E-state index in [1.165, 1.54) is 0 Å². The number of carbonyl (C=O) groups is 1. The van der Waals surface area contributed by atoms with E-state index >= 15 is 0 Å². The third-order valence-electron chi connectivity index (χ3n) is 2.82. The summed E-state index contributed by atoms with van der Waals surface area (Å²) in [6, 6.07) is 7.91. The first-order chi connectivity index (χ1) is 8.04. The van der Waals surface area contributed by atoms with E-state index in [4.69, 9.17) is 4.74 Å². The van der Waals surface area contributed by atoms with E-state index in [1.807, 2.05) is 38.2 Å². The Balaban J connectivity index is 2.45. The van der Waals surface area contributed by atoms with Gasteiger partial charge in [-0.25, -0.2) is 0 Å². The maximum atomic E-state index is 11.8. The zero-order valence-corrected chi connectivity index (χ0v) is 12.6. The van der Waals surface area contributed by atoms with E-state index < -0.39 is 0 Å². The van der Waals surface area contributed by atoms with Crippen molar-refractivity contribution in [3.63, 3.8) is 0 Å². The molecule has 0 radical (unpaired) electrons. The van der Waals surface area contributed by atoms with Crippen molar-refractivity contribution in [2.45, 2.75) is 26.3 Å². The van der Waals surface area contributed by atoms with Gasteiger partial charge in [0.05, 0.1) is 0 Å². The van der Waals surface area contributed by atoms with Crippen LogP contribution in [0.2, 0.25) is 0 Å². The Labute approximate surface area is 116 Å². The molecule has 1 unspecified atom stereocenters. The molecule has 0 fully saturated rings. The van der Waals surface area contributed by atoms with Crippen molar-refractivity contribution in [3.05, 3.63) is 27.8 Å². The molecule has 1 rings (SSSR count). The van der Waals surface area contributed by atoms with Crippen LogP contribution in [0.1, 0.15) is 20.3 Å². The molecule has 1 amide bonds. The summed E-state index contributed by atoms with van der Waals surface area (Å²) in [7, 11) is 1.81. The van der Waals surface area contributed by atoms with E-state index in [0.29, 0.717) is 0 Å². The Morgan fingerprint density at radius 3 is 2.53 bits per heavy atom. The van der Waals surface area contributed by atoms with Gasteiger partial charge in [-0.15, -0.1) is 0 Å². The largest absolute Gasteiger partial charge is 0.484 e. The highest BCUT2D eigenvalue weighted by Crippen LogP contribution is 2.13. The molecule has 94 valence electrons. The quantitative estimate of drug-likeness (QED) is 0.767. The summed E-state index contributed by atoms with van der Waals surface area (Å²) in [5, 5.41) is 0. The number of nitrogens with zero attached hydrogens (tertiary/aromatic N) is 1. The Morgan fingerprint density at radius 2 is 2.00 bits per heavy atom. The van der Waals surface area contributed by atoms with Gasteiger partial charge in [0.1, 0.15) is 5.75 Å². The van der Waals surface area contributed by atoms with Crippen molar-refractivity contribution in [1.82, 2.24) is 4.90 Å². The molecule has 0 saturated carbocycles. The van der Waals surface area contributed by atoms with E-state index in [0.717, 1.165) is 15.7 Å². The minimum absolute atomic E-state index is 0.0119. The Morgan fingerprint density at radius 1 is 1.41 bits per heavy atom. The lowest BCUT2D eigenvalue weighted by molar-refractivity contribution is -0.133. The fourth-order valence-electron chi connectivity index (χ4n) is 1.30. The lowest BCUT2D eigenvalue weighted by atomic mass is 10.2. The SMILES string of the molecule is CCC(C)N(C)C(=O)COc1ccc(I)cc1. The first-order valence-electron chi connectivity index (χ1n) is 5.68. The van der Waals surface area contributed by atoms with E-state index in [-0.39, 0.29) is 18.6 Å². The predicted octanol–water partition coefficient (Wildman–Crippen LogP) is 2.93. The fraction of sp³-hybridized carbons (Fsp3) is 0.462. The molecule has 0 saturated heterocycles. The molecule has 0 N–H and O–H groups in total. The summed E-state index contributed by atoms with van der Waals surface area (Å²) < 4.78 is 6.59. The van der Waals surface area contributed by atoms with Crippen molar-refractivity contribution in [3.8, 4) is 5.75 Å². The van der Waals surface area contributed by atoms with Crippen LogP contribution in [0.15, 0.2) is 24.3 Å². The van der Waals surface area contributed by atoms with Crippen molar-refractivity contribution in [1.29, 1.82) is 0 Å². The number of halogens is 1. The van der Waals surface area contributed by atoms with Crippen LogP contribution < -0.4 is 4.74 Å². The van der Waals surface area contributed by atoms with Crippen LogP contribution in [0.25, 0.3) is 0 Å². The minimum Gasteiger partial charge on any atom is -0.484 e. The molecule has 0 aliphatic carbocycles. The maximum Gasteiger partial charge on any atom is 0.260 e. The maximum absolute atomic E-state index is 11.8.